The number of rotatable bonds is 6. The number of carbonyl (C=O) groups excluding carboxylic acids is 3. The zero-order chi connectivity index (χ0) is 20.4. The second-order valence-electron chi connectivity index (χ2n) is 6.99. The minimum absolute atomic E-state index is 0.0620. The van der Waals surface area contributed by atoms with E-state index in [2.05, 4.69) is 0 Å². The van der Waals surface area contributed by atoms with Gasteiger partial charge in [0.1, 0.15) is 6.61 Å². The smallest absolute Gasteiger partial charge is 0.261 e. The highest BCUT2D eigenvalue weighted by atomic mass is 16.6. The molecule has 3 amide bonds. The molecule has 2 heterocycles. The molecule has 0 spiro atoms. The number of hydrogen-bond donors (Lipinski definition) is 0. The molecular formula is C22H22N2O5. The van der Waals surface area contributed by atoms with E-state index in [4.69, 9.17) is 9.47 Å². The summed E-state index contributed by atoms with van der Waals surface area (Å²) < 4.78 is 11.6. The summed E-state index contributed by atoms with van der Waals surface area (Å²) in [5, 5.41) is 0. The number of likely N-dealkylation sites (N-methyl/N-ethyl adjacent to an activating group) is 1. The number of carbonyl (C=O) groups is 3. The molecule has 2 aliphatic rings. The molecule has 0 saturated carbocycles. The molecule has 2 aromatic carbocycles. The third-order valence-corrected chi connectivity index (χ3v) is 5.15. The highest BCUT2D eigenvalue weighted by Crippen LogP contribution is 2.31. The first-order chi connectivity index (χ1) is 14.1. The summed E-state index contributed by atoms with van der Waals surface area (Å²) in [7, 11) is 0. The summed E-state index contributed by atoms with van der Waals surface area (Å²) in [6, 6.07) is 14.1. The molecule has 29 heavy (non-hydrogen) atoms. The van der Waals surface area contributed by atoms with Crippen molar-refractivity contribution in [2.75, 3.05) is 26.2 Å². The Balaban J connectivity index is 1.34. The molecule has 7 heteroatoms. The van der Waals surface area contributed by atoms with E-state index < -0.39 is 0 Å². The van der Waals surface area contributed by atoms with E-state index in [1.807, 2.05) is 31.2 Å². The number of nitrogens with zero attached hydrogens (tertiary/aromatic N) is 2. The van der Waals surface area contributed by atoms with Crippen LogP contribution in [0.3, 0.4) is 0 Å². The molecule has 2 aliphatic heterocycles. The average Bonchev–Trinajstić information content (AvgIpc) is 3.00. The first kappa shape index (κ1) is 19.0. The fourth-order valence-corrected chi connectivity index (χ4v) is 3.61. The molecule has 0 aliphatic carbocycles. The van der Waals surface area contributed by atoms with E-state index in [-0.39, 0.29) is 36.8 Å². The second-order valence-corrected chi connectivity index (χ2v) is 6.99. The van der Waals surface area contributed by atoms with Gasteiger partial charge in [0.05, 0.1) is 17.7 Å². The maximum Gasteiger partial charge on any atom is 0.261 e. The predicted molar refractivity (Wildman–Crippen MR) is 105 cm³/mol. The molecule has 2 aromatic rings. The lowest BCUT2D eigenvalue weighted by Crippen LogP contribution is -2.44. The number of amides is 3. The molecule has 150 valence electrons. The van der Waals surface area contributed by atoms with Gasteiger partial charge in [0.25, 0.3) is 11.8 Å². The van der Waals surface area contributed by atoms with Crippen LogP contribution >= 0.6 is 0 Å². The van der Waals surface area contributed by atoms with Crippen molar-refractivity contribution >= 4 is 17.7 Å². The van der Waals surface area contributed by atoms with Crippen molar-refractivity contribution in [2.45, 2.75) is 19.4 Å². The molecule has 0 aromatic heterocycles. The van der Waals surface area contributed by atoms with Gasteiger partial charge >= 0.3 is 0 Å². The standard InChI is InChI=1S/C22H22N2O5/c1-2-23(13-15-14-28-18-9-5-6-10-19(18)29-15)20(25)11-12-24-21(26)16-7-3-4-8-17(16)22(24)27/h3-10,15H,2,11-14H2,1H3. The topological polar surface area (TPSA) is 76.2 Å². The molecular weight excluding hydrogens is 372 g/mol. The number of hydrogen-bond acceptors (Lipinski definition) is 5. The van der Waals surface area contributed by atoms with Crippen LogP contribution in [-0.2, 0) is 4.79 Å². The molecule has 7 nitrogen and oxygen atoms in total. The van der Waals surface area contributed by atoms with Gasteiger partial charge < -0.3 is 14.4 Å². The Labute approximate surface area is 168 Å². The summed E-state index contributed by atoms with van der Waals surface area (Å²) in [5.41, 5.74) is 0.785. The molecule has 4 rings (SSSR count). The average molecular weight is 394 g/mol. The van der Waals surface area contributed by atoms with Crippen LogP contribution in [0.4, 0.5) is 0 Å². The number of benzene rings is 2. The van der Waals surface area contributed by atoms with Crippen LogP contribution in [-0.4, -0.2) is 59.9 Å². The largest absolute Gasteiger partial charge is 0.486 e. The Morgan fingerprint density at radius 1 is 1.03 bits per heavy atom. The fraction of sp³-hybridized carbons (Fsp3) is 0.318. The van der Waals surface area contributed by atoms with E-state index in [0.29, 0.717) is 42.3 Å². The molecule has 0 saturated heterocycles. The molecule has 0 fully saturated rings. The summed E-state index contributed by atoms with van der Waals surface area (Å²) in [5.74, 6) is 0.540. The third-order valence-electron chi connectivity index (χ3n) is 5.15. The third kappa shape index (κ3) is 3.68. The SMILES string of the molecule is CCN(CC1COc2ccccc2O1)C(=O)CCN1C(=O)c2ccccc2C1=O. The Hall–Kier alpha value is -3.35. The minimum Gasteiger partial charge on any atom is -0.486 e. The fourth-order valence-electron chi connectivity index (χ4n) is 3.61. The second kappa shape index (κ2) is 7.95. The molecule has 0 N–H and O–H groups in total. The number of ether oxygens (including phenoxy) is 2. The zero-order valence-corrected chi connectivity index (χ0v) is 16.2. The van der Waals surface area contributed by atoms with Crippen molar-refractivity contribution in [3.63, 3.8) is 0 Å². The molecule has 1 atom stereocenters. The predicted octanol–water partition coefficient (Wildman–Crippen LogP) is 2.36. The van der Waals surface area contributed by atoms with E-state index in [0.717, 1.165) is 4.90 Å². The number of imide groups is 1. The highest BCUT2D eigenvalue weighted by Gasteiger charge is 2.35. The molecule has 1 unspecified atom stereocenters. The van der Waals surface area contributed by atoms with Crippen LogP contribution in [0.5, 0.6) is 11.5 Å². The van der Waals surface area contributed by atoms with Crippen LogP contribution in [0.2, 0.25) is 0 Å². The van der Waals surface area contributed by atoms with E-state index in [1.165, 1.54) is 0 Å². The lowest BCUT2D eigenvalue weighted by atomic mass is 10.1. The Bertz CT molecular complexity index is 923. The Kier molecular flexibility index (Phi) is 5.20. The van der Waals surface area contributed by atoms with E-state index >= 15 is 0 Å². The highest BCUT2D eigenvalue weighted by molar-refractivity contribution is 6.21. The van der Waals surface area contributed by atoms with Crippen molar-refractivity contribution < 1.29 is 23.9 Å². The summed E-state index contributed by atoms with van der Waals surface area (Å²) in [4.78, 5) is 40.4. The van der Waals surface area contributed by atoms with Crippen LogP contribution in [0, 0.1) is 0 Å². The van der Waals surface area contributed by atoms with E-state index in [1.54, 1.807) is 29.2 Å². The molecule has 0 bridgehead atoms. The minimum atomic E-state index is -0.345. The maximum atomic E-state index is 12.7. The van der Waals surface area contributed by atoms with Crippen molar-refractivity contribution in [3.05, 3.63) is 59.7 Å². The monoisotopic (exact) mass is 394 g/mol. The summed E-state index contributed by atoms with van der Waals surface area (Å²) in [6.07, 6.45) is -0.197. The molecule has 0 radical (unpaired) electrons. The lowest BCUT2D eigenvalue weighted by Gasteiger charge is -2.31. The van der Waals surface area contributed by atoms with Crippen LogP contribution in [0.1, 0.15) is 34.1 Å². The number of fused-ring (bicyclic) bond motifs is 2. The maximum absolute atomic E-state index is 12.7. The quantitative estimate of drug-likeness (QED) is 0.703. The summed E-state index contributed by atoms with van der Waals surface area (Å²) >= 11 is 0. The van der Waals surface area contributed by atoms with Gasteiger partial charge in [-0.05, 0) is 31.2 Å². The van der Waals surface area contributed by atoms with Crippen LogP contribution < -0.4 is 9.47 Å². The Morgan fingerprint density at radius 3 is 2.31 bits per heavy atom. The number of para-hydroxylation sites is 2. The van der Waals surface area contributed by atoms with Crippen LogP contribution in [0.25, 0.3) is 0 Å². The normalized spacial score (nSPS) is 17.3. The van der Waals surface area contributed by atoms with Crippen molar-refractivity contribution in [3.8, 4) is 11.5 Å². The lowest BCUT2D eigenvalue weighted by molar-refractivity contribution is -0.132. The van der Waals surface area contributed by atoms with Gasteiger partial charge in [0, 0.05) is 19.5 Å². The van der Waals surface area contributed by atoms with Gasteiger partial charge in [-0.2, -0.15) is 0 Å². The van der Waals surface area contributed by atoms with Gasteiger partial charge in [-0.1, -0.05) is 24.3 Å². The Morgan fingerprint density at radius 2 is 1.66 bits per heavy atom. The van der Waals surface area contributed by atoms with Crippen molar-refractivity contribution in [1.29, 1.82) is 0 Å². The van der Waals surface area contributed by atoms with Crippen LogP contribution in [0.15, 0.2) is 48.5 Å². The summed E-state index contributed by atoms with van der Waals surface area (Å²) in [6.45, 7) is 3.19. The first-order valence-corrected chi connectivity index (χ1v) is 9.70. The van der Waals surface area contributed by atoms with Crippen molar-refractivity contribution in [2.24, 2.45) is 0 Å². The van der Waals surface area contributed by atoms with Gasteiger partial charge in [0.2, 0.25) is 5.91 Å². The zero-order valence-electron chi connectivity index (χ0n) is 16.2. The first-order valence-electron chi connectivity index (χ1n) is 9.70. The van der Waals surface area contributed by atoms with E-state index in [9.17, 15) is 14.4 Å². The van der Waals surface area contributed by atoms with Gasteiger partial charge in [-0.25, -0.2) is 0 Å². The van der Waals surface area contributed by atoms with Gasteiger partial charge in [0.15, 0.2) is 17.6 Å². The van der Waals surface area contributed by atoms with Crippen molar-refractivity contribution in [1.82, 2.24) is 9.80 Å². The van der Waals surface area contributed by atoms with Gasteiger partial charge in [-0.15, -0.1) is 0 Å². The van der Waals surface area contributed by atoms with Gasteiger partial charge in [-0.3, -0.25) is 19.3 Å².